The molecule has 0 saturated carbocycles. The van der Waals surface area contributed by atoms with Gasteiger partial charge >= 0.3 is 0 Å². The van der Waals surface area contributed by atoms with E-state index in [0.29, 0.717) is 18.6 Å². The first-order valence-electron chi connectivity index (χ1n) is 7.32. The standard InChI is InChI=1S/C17H22N2S/c1-13-12-20-9-8-19(13)17(11-18)16-7-6-14-4-2-3-5-15(14)10-16/h2-7,10,13,17H,8-9,11-12,18H2,1H3. The van der Waals surface area contributed by atoms with Gasteiger partial charge in [-0.3, -0.25) is 4.90 Å². The van der Waals surface area contributed by atoms with Gasteiger partial charge in [-0.05, 0) is 29.3 Å². The van der Waals surface area contributed by atoms with Gasteiger partial charge in [0.15, 0.2) is 0 Å². The molecule has 2 atom stereocenters. The maximum atomic E-state index is 6.09. The summed E-state index contributed by atoms with van der Waals surface area (Å²) in [5.74, 6) is 2.43. The van der Waals surface area contributed by atoms with Crippen LogP contribution in [0, 0.1) is 0 Å². The Labute approximate surface area is 125 Å². The van der Waals surface area contributed by atoms with Crippen molar-refractivity contribution < 1.29 is 0 Å². The van der Waals surface area contributed by atoms with E-state index >= 15 is 0 Å². The van der Waals surface area contributed by atoms with Gasteiger partial charge in [-0.1, -0.05) is 36.4 Å². The summed E-state index contributed by atoms with van der Waals surface area (Å²) < 4.78 is 0. The molecule has 0 spiro atoms. The van der Waals surface area contributed by atoms with Crippen LogP contribution in [-0.4, -0.2) is 35.5 Å². The molecule has 1 aliphatic heterocycles. The van der Waals surface area contributed by atoms with Gasteiger partial charge in [0.1, 0.15) is 0 Å². The van der Waals surface area contributed by atoms with Crippen LogP contribution in [-0.2, 0) is 0 Å². The smallest absolute Gasteiger partial charge is 0.0474 e. The molecule has 3 heteroatoms. The number of benzene rings is 2. The van der Waals surface area contributed by atoms with Crippen LogP contribution in [0.25, 0.3) is 10.8 Å². The van der Waals surface area contributed by atoms with Crippen molar-refractivity contribution >= 4 is 22.5 Å². The highest BCUT2D eigenvalue weighted by atomic mass is 32.2. The zero-order chi connectivity index (χ0) is 13.9. The van der Waals surface area contributed by atoms with Gasteiger partial charge in [0.05, 0.1) is 0 Å². The summed E-state index contributed by atoms with van der Waals surface area (Å²) in [7, 11) is 0. The SMILES string of the molecule is CC1CSCCN1C(CN)c1ccc2ccccc2c1. The molecule has 1 heterocycles. The van der Waals surface area contributed by atoms with Gasteiger partial charge in [0.25, 0.3) is 0 Å². The Morgan fingerprint density at radius 1 is 1.25 bits per heavy atom. The first-order chi connectivity index (χ1) is 9.79. The number of thioether (sulfide) groups is 1. The van der Waals surface area contributed by atoms with E-state index < -0.39 is 0 Å². The van der Waals surface area contributed by atoms with Crippen molar-refractivity contribution in [1.29, 1.82) is 0 Å². The predicted octanol–water partition coefficient (Wildman–Crippen LogP) is 3.28. The fraction of sp³-hybridized carbons (Fsp3) is 0.412. The van der Waals surface area contributed by atoms with Crippen molar-refractivity contribution in [3.8, 4) is 0 Å². The fourth-order valence-corrected chi connectivity index (χ4v) is 4.12. The predicted molar refractivity (Wildman–Crippen MR) is 89.2 cm³/mol. The lowest BCUT2D eigenvalue weighted by molar-refractivity contribution is 0.166. The number of nitrogens with two attached hydrogens (primary N) is 1. The number of rotatable bonds is 3. The van der Waals surface area contributed by atoms with Crippen LogP contribution < -0.4 is 5.73 Å². The third kappa shape index (κ3) is 2.71. The van der Waals surface area contributed by atoms with Gasteiger partial charge in [-0.25, -0.2) is 0 Å². The van der Waals surface area contributed by atoms with E-state index in [-0.39, 0.29) is 0 Å². The van der Waals surface area contributed by atoms with Gasteiger partial charge in [-0.15, -0.1) is 0 Å². The number of fused-ring (bicyclic) bond motifs is 1. The second-order valence-electron chi connectivity index (χ2n) is 5.52. The molecule has 20 heavy (non-hydrogen) atoms. The molecule has 0 amide bonds. The Morgan fingerprint density at radius 2 is 2.05 bits per heavy atom. The molecule has 0 radical (unpaired) electrons. The number of hydrogen-bond acceptors (Lipinski definition) is 3. The fourth-order valence-electron chi connectivity index (χ4n) is 3.08. The molecule has 2 nitrogen and oxygen atoms in total. The lowest BCUT2D eigenvalue weighted by atomic mass is 9.99. The molecule has 3 rings (SSSR count). The zero-order valence-corrected chi connectivity index (χ0v) is 12.8. The van der Waals surface area contributed by atoms with Crippen LogP contribution in [0.4, 0.5) is 0 Å². The minimum absolute atomic E-state index is 0.343. The molecule has 2 aromatic carbocycles. The molecule has 2 unspecified atom stereocenters. The molecule has 0 aromatic heterocycles. The summed E-state index contributed by atoms with van der Waals surface area (Å²) in [6.45, 7) is 4.14. The van der Waals surface area contributed by atoms with E-state index in [2.05, 4.69) is 54.3 Å². The summed E-state index contributed by atoms with van der Waals surface area (Å²) >= 11 is 2.05. The first kappa shape index (κ1) is 13.9. The molecule has 0 aliphatic carbocycles. The lowest BCUT2D eigenvalue weighted by Crippen LogP contribution is -2.45. The monoisotopic (exact) mass is 286 g/mol. The van der Waals surface area contributed by atoms with Crippen LogP contribution in [0.1, 0.15) is 18.5 Å². The van der Waals surface area contributed by atoms with Crippen LogP contribution in [0.5, 0.6) is 0 Å². The van der Waals surface area contributed by atoms with Crippen LogP contribution in [0.15, 0.2) is 42.5 Å². The van der Waals surface area contributed by atoms with E-state index in [1.807, 2.05) is 11.8 Å². The molecule has 2 aromatic rings. The van der Waals surface area contributed by atoms with Crippen molar-refractivity contribution in [2.45, 2.75) is 19.0 Å². The summed E-state index contributed by atoms with van der Waals surface area (Å²) in [4.78, 5) is 2.57. The van der Waals surface area contributed by atoms with Crippen LogP contribution in [0.2, 0.25) is 0 Å². The summed E-state index contributed by atoms with van der Waals surface area (Å²) in [5, 5.41) is 2.61. The van der Waals surface area contributed by atoms with Crippen molar-refractivity contribution in [3.05, 3.63) is 48.0 Å². The van der Waals surface area contributed by atoms with Crippen LogP contribution in [0.3, 0.4) is 0 Å². The lowest BCUT2D eigenvalue weighted by Gasteiger charge is -2.39. The van der Waals surface area contributed by atoms with Crippen molar-refractivity contribution in [3.63, 3.8) is 0 Å². The Morgan fingerprint density at radius 3 is 2.80 bits per heavy atom. The van der Waals surface area contributed by atoms with Crippen molar-refractivity contribution in [2.75, 3.05) is 24.6 Å². The summed E-state index contributed by atoms with van der Waals surface area (Å²) in [6.07, 6.45) is 0. The Balaban J connectivity index is 1.93. The van der Waals surface area contributed by atoms with Crippen molar-refractivity contribution in [2.24, 2.45) is 5.73 Å². The summed E-state index contributed by atoms with van der Waals surface area (Å²) in [6, 6.07) is 16.3. The minimum atomic E-state index is 0.343. The number of hydrogen-bond donors (Lipinski definition) is 1. The molecule has 106 valence electrons. The summed E-state index contributed by atoms with van der Waals surface area (Å²) in [5.41, 5.74) is 7.45. The molecule has 0 bridgehead atoms. The van der Waals surface area contributed by atoms with E-state index in [1.165, 1.54) is 27.8 Å². The quantitative estimate of drug-likeness (QED) is 0.939. The highest BCUT2D eigenvalue weighted by Gasteiger charge is 2.26. The normalized spacial score (nSPS) is 22.0. The van der Waals surface area contributed by atoms with Gasteiger partial charge < -0.3 is 5.73 Å². The average molecular weight is 286 g/mol. The maximum absolute atomic E-state index is 6.09. The topological polar surface area (TPSA) is 29.3 Å². The molecule has 2 N–H and O–H groups in total. The molecule has 1 saturated heterocycles. The zero-order valence-electron chi connectivity index (χ0n) is 12.0. The highest BCUT2D eigenvalue weighted by molar-refractivity contribution is 7.99. The van der Waals surface area contributed by atoms with E-state index in [0.717, 1.165) is 6.54 Å². The first-order valence-corrected chi connectivity index (χ1v) is 8.47. The Kier molecular flexibility index (Phi) is 4.29. The maximum Gasteiger partial charge on any atom is 0.0474 e. The van der Waals surface area contributed by atoms with Crippen LogP contribution >= 0.6 is 11.8 Å². The molecule has 1 aliphatic rings. The molecular formula is C17H22N2S. The minimum Gasteiger partial charge on any atom is -0.329 e. The van der Waals surface area contributed by atoms with Crippen molar-refractivity contribution in [1.82, 2.24) is 4.90 Å². The molecule has 1 fully saturated rings. The second kappa shape index (κ2) is 6.17. The Bertz CT molecular complexity index is 584. The number of nitrogens with zero attached hydrogens (tertiary/aromatic N) is 1. The third-order valence-electron chi connectivity index (χ3n) is 4.20. The van der Waals surface area contributed by atoms with E-state index in [4.69, 9.17) is 5.73 Å². The second-order valence-corrected chi connectivity index (χ2v) is 6.67. The largest absolute Gasteiger partial charge is 0.329 e. The Hall–Kier alpha value is -1.03. The highest BCUT2D eigenvalue weighted by Crippen LogP contribution is 2.29. The average Bonchev–Trinajstić information content (AvgIpc) is 2.50. The molecular weight excluding hydrogens is 264 g/mol. The van der Waals surface area contributed by atoms with Gasteiger partial charge in [-0.2, -0.15) is 11.8 Å². The van der Waals surface area contributed by atoms with E-state index in [9.17, 15) is 0 Å². The third-order valence-corrected chi connectivity index (χ3v) is 5.39. The van der Waals surface area contributed by atoms with Gasteiger partial charge in [0.2, 0.25) is 0 Å². The van der Waals surface area contributed by atoms with E-state index in [1.54, 1.807) is 0 Å². The van der Waals surface area contributed by atoms with Gasteiger partial charge in [0, 0.05) is 36.7 Å².